The predicted molar refractivity (Wildman–Crippen MR) is 181 cm³/mol. The molecule has 1 fully saturated rings. The van der Waals surface area contributed by atoms with E-state index in [9.17, 15) is 28.0 Å². The van der Waals surface area contributed by atoms with E-state index in [1.807, 2.05) is 40.1 Å². The number of nitrogens with two attached hydrogens (primary N) is 1. The summed E-state index contributed by atoms with van der Waals surface area (Å²) < 4.78 is 29.6. The number of nitrogens with zero attached hydrogens (tertiary/aromatic N) is 1. The number of amides is 2. The average Bonchev–Trinajstić information content (AvgIpc) is 3.04. The zero-order chi connectivity index (χ0) is 35.2. The third kappa shape index (κ3) is 11.5. The van der Waals surface area contributed by atoms with Crippen LogP contribution in [0.4, 0.5) is 0 Å². The zero-order valence-corrected chi connectivity index (χ0v) is 29.3. The topological polar surface area (TPSA) is 189 Å². The molecular formula is C35H54N4O7S. The van der Waals surface area contributed by atoms with Crippen LogP contribution in [0.1, 0.15) is 114 Å². The summed E-state index contributed by atoms with van der Waals surface area (Å²) in [4.78, 5) is 45.1. The Morgan fingerprint density at radius 2 is 1.70 bits per heavy atom. The van der Waals surface area contributed by atoms with Crippen LogP contribution in [-0.2, 0) is 24.5 Å². The molecule has 11 nitrogen and oxygen atoms in total. The van der Waals surface area contributed by atoms with Crippen molar-refractivity contribution in [3.63, 3.8) is 0 Å². The number of carbonyl (C=O) groups is 3. The molecule has 0 bridgehead atoms. The summed E-state index contributed by atoms with van der Waals surface area (Å²) in [6, 6.07) is 7.79. The number of hydroxylamine groups is 1. The van der Waals surface area contributed by atoms with E-state index in [-0.39, 0.29) is 16.6 Å². The molecule has 6 N–H and O–H groups in total. The Balaban J connectivity index is 0.000000587. The van der Waals surface area contributed by atoms with Gasteiger partial charge in [-0.1, -0.05) is 89.8 Å². The normalized spacial score (nSPS) is 16.3. The summed E-state index contributed by atoms with van der Waals surface area (Å²) in [5.41, 5.74) is 5.05. The van der Waals surface area contributed by atoms with Gasteiger partial charge >= 0.3 is 0 Å². The first-order valence-electron chi connectivity index (χ1n) is 16.7. The maximum absolute atomic E-state index is 14.6. The standard InChI is InChI=1S/C28H46N4O4.C7H8O3S/c1-5-15-28(17-19(2)3,27(35)31-29)25(33)24(23-18-30-16-14-20(23)4)22(26(34)32-36)13-9-12-21-10-7-6-8-11-21;1-6-2-4-7(5-3-6)11(8,9)10/h14,16,18-19,21-22,24,36H,5-13,15,17,29H2,1-4H3,(H,31,35)(H,32,34);2-5H,1H3,(H,8,9,10)/t22-,24+,28?;/m0./s1. The zero-order valence-electron chi connectivity index (χ0n) is 28.5. The highest BCUT2D eigenvalue weighted by atomic mass is 32.2. The van der Waals surface area contributed by atoms with Crippen molar-refractivity contribution in [3.05, 3.63) is 59.4 Å². The minimum atomic E-state index is -4.02. The van der Waals surface area contributed by atoms with E-state index in [4.69, 9.17) is 10.4 Å². The van der Waals surface area contributed by atoms with Crippen LogP contribution in [0.5, 0.6) is 0 Å². The monoisotopic (exact) mass is 674 g/mol. The van der Waals surface area contributed by atoms with E-state index in [1.165, 1.54) is 44.2 Å². The van der Waals surface area contributed by atoms with Crippen molar-refractivity contribution < 1.29 is 32.6 Å². The molecule has 1 unspecified atom stereocenters. The summed E-state index contributed by atoms with van der Waals surface area (Å²) in [6.07, 6.45) is 12.8. The largest absolute Gasteiger partial charge is 0.298 e. The van der Waals surface area contributed by atoms with Crippen molar-refractivity contribution in [2.24, 2.45) is 29.0 Å². The van der Waals surface area contributed by atoms with Crippen molar-refractivity contribution in [1.29, 1.82) is 0 Å². The van der Waals surface area contributed by atoms with Crippen molar-refractivity contribution in [1.82, 2.24) is 15.9 Å². The Morgan fingerprint density at radius 3 is 2.21 bits per heavy atom. The van der Waals surface area contributed by atoms with Gasteiger partial charge in [-0.05, 0) is 74.3 Å². The van der Waals surface area contributed by atoms with Crippen LogP contribution < -0.4 is 16.7 Å². The molecule has 0 radical (unpaired) electrons. The molecule has 3 atom stereocenters. The van der Waals surface area contributed by atoms with Crippen LogP contribution in [0, 0.1) is 37.0 Å². The number of rotatable bonds is 15. The number of benzene rings is 1. The van der Waals surface area contributed by atoms with Gasteiger partial charge in [0.25, 0.3) is 10.1 Å². The quantitative estimate of drug-likeness (QED) is 0.0378. The second kappa shape index (κ2) is 19.0. The van der Waals surface area contributed by atoms with Gasteiger partial charge in [0, 0.05) is 12.4 Å². The third-order valence-electron chi connectivity index (χ3n) is 9.19. The molecule has 47 heavy (non-hydrogen) atoms. The molecule has 1 aliphatic rings. The molecule has 1 aromatic heterocycles. The molecule has 0 saturated heterocycles. The lowest BCUT2D eigenvalue weighted by Gasteiger charge is -2.37. The SMILES string of the molecule is CCCC(CC(C)C)(C(=O)NN)C(=O)[C@@H](c1cnccc1C)[C@H](CCCC1CCCCC1)C(=O)NO.Cc1ccc(S(=O)(=O)O)cc1. The number of hydrogen-bond acceptors (Lipinski definition) is 8. The number of pyridine rings is 1. The Kier molecular flexibility index (Phi) is 16.1. The molecule has 0 aliphatic heterocycles. The van der Waals surface area contributed by atoms with Gasteiger partial charge in [0.2, 0.25) is 11.8 Å². The maximum Gasteiger partial charge on any atom is 0.294 e. The Bertz CT molecular complexity index is 1410. The average molecular weight is 675 g/mol. The second-order valence-electron chi connectivity index (χ2n) is 13.3. The van der Waals surface area contributed by atoms with E-state index < -0.39 is 39.2 Å². The highest BCUT2D eigenvalue weighted by molar-refractivity contribution is 7.85. The van der Waals surface area contributed by atoms with E-state index >= 15 is 0 Å². The van der Waals surface area contributed by atoms with E-state index in [2.05, 4.69) is 10.4 Å². The van der Waals surface area contributed by atoms with Crippen molar-refractivity contribution >= 4 is 27.7 Å². The Labute approximate surface area is 280 Å². The highest BCUT2D eigenvalue weighted by Gasteiger charge is 2.51. The lowest BCUT2D eigenvalue weighted by Crippen LogP contribution is -2.53. The molecule has 2 amide bonds. The minimum absolute atomic E-state index is 0.0462. The number of aryl methyl sites for hydroxylation is 2. The van der Waals surface area contributed by atoms with Crippen LogP contribution in [0.3, 0.4) is 0 Å². The van der Waals surface area contributed by atoms with Gasteiger partial charge in [-0.15, -0.1) is 0 Å². The number of ketones is 1. The molecule has 3 rings (SSSR count). The first-order valence-corrected chi connectivity index (χ1v) is 18.1. The Hall–Kier alpha value is -3.19. The highest BCUT2D eigenvalue weighted by Crippen LogP contribution is 2.43. The summed E-state index contributed by atoms with van der Waals surface area (Å²) >= 11 is 0. The summed E-state index contributed by atoms with van der Waals surface area (Å²) in [5, 5.41) is 9.68. The summed E-state index contributed by atoms with van der Waals surface area (Å²) in [6.45, 7) is 9.58. The van der Waals surface area contributed by atoms with E-state index in [1.54, 1.807) is 30.6 Å². The van der Waals surface area contributed by atoms with Gasteiger partial charge in [0.15, 0.2) is 5.78 Å². The van der Waals surface area contributed by atoms with Gasteiger partial charge < -0.3 is 0 Å². The second-order valence-corrected chi connectivity index (χ2v) is 14.7. The number of Topliss-reactive ketones (excluding diaryl/α,β-unsaturated/α-hetero) is 1. The number of hydrogen-bond donors (Lipinski definition) is 5. The first kappa shape index (κ1) is 40.0. The molecular weight excluding hydrogens is 620 g/mol. The number of carbonyl (C=O) groups excluding carboxylic acids is 3. The van der Waals surface area contributed by atoms with Gasteiger partial charge in [-0.2, -0.15) is 8.42 Å². The molecule has 1 aliphatic carbocycles. The van der Waals surface area contributed by atoms with Crippen LogP contribution in [0.2, 0.25) is 0 Å². The maximum atomic E-state index is 14.6. The van der Waals surface area contributed by atoms with E-state index in [0.717, 1.165) is 24.0 Å². The fourth-order valence-electron chi connectivity index (χ4n) is 6.89. The molecule has 1 saturated carbocycles. The third-order valence-corrected chi connectivity index (χ3v) is 10.1. The Morgan fingerprint density at radius 1 is 1.06 bits per heavy atom. The fourth-order valence-corrected chi connectivity index (χ4v) is 7.37. The van der Waals surface area contributed by atoms with Crippen molar-refractivity contribution in [3.8, 4) is 0 Å². The number of aromatic nitrogens is 1. The molecule has 1 heterocycles. The predicted octanol–water partition coefficient (Wildman–Crippen LogP) is 5.98. The fraction of sp³-hybridized carbons (Fsp3) is 0.600. The van der Waals surface area contributed by atoms with Gasteiger partial charge in [0.05, 0.1) is 16.7 Å². The van der Waals surface area contributed by atoms with Crippen molar-refractivity contribution in [2.75, 3.05) is 0 Å². The molecule has 0 spiro atoms. The van der Waals surface area contributed by atoms with Gasteiger partial charge in [-0.3, -0.25) is 34.6 Å². The lowest BCUT2D eigenvalue weighted by atomic mass is 9.64. The molecule has 262 valence electrons. The molecule has 1 aromatic carbocycles. The number of nitrogens with one attached hydrogen (secondary N) is 2. The van der Waals surface area contributed by atoms with Crippen LogP contribution in [0.15, 0.2) is 47.6 Å². The summed E-state index contributed by atoms with van der Waals surface area (Å²) in [7, 11) is -4.02. The summed E-state index contributed by atoms with van der Waals surface area (Å²) in [5.74, 6) is 3.06. The smallest absolute Gasteiger partial charge is 0.294 e. The molecule has 2 aromatic rings. The lowest BCUT2D eigenvalue weighted by molar-refractivity contribution is -0.149. The van der Waals surface area contributed by atoms with Crippen LogP contribution >= 0.6 is 0 Å². The minimum Gasteiger partial charge on any atom is -0.298 e. The number of hydrazine groups is 1. The van der Waals surface area contributed by atoms with Gasteiger partial charge in [-0.25, -0.2) is 11.3 Å². The van der Waals surface area contributed by atoms with E-state index in [0.29, 0.717) is 37.2 Å². The van der Waals surface area contributed by atoms with Crippen LogP contribution in [-0.4, -0.2) is 40.8 Å². The van der Waals surface area contributed by atoms with Crippen molar-refractivity contribution in [2.45, 2.75) is 116 Å². The van der Waals surface area contributed by atoms with Gasteiger partial charge in [0.1, 0.15) is 5.41 Å². The first-order chi connectivity index (χ1) is 22.2. The van der Waals surface area contributed by atoms with Crippen LogP contribution in [0.25, 0.3) is 0 Å². The molecule has 12 heteroatoms.